The Kier molecular flexibility index (Phi) is 43.5. The molecule has 0 amide bonds. The van der Waals surface area contributed by atoms with Gasteiger partial charge in [0.15, 0.2) is 12.4 Å². The number of aliphatic hydroxyl groups excluding tert-OH is 4. The summed E-state index contributed by atoms with van der Waals surface area (Å²) in [5.74, 6) is -0.892. The standard InChI is InChI=1S/C57H98O10/c1-3-5-7-9-11-13-15-17-19-21-23-24-25-26-28-29-31-33-35-37-39-41-43-45-52(59)64-48-50(49-65-57-56(63)55(62)54(61)51(47-58)67-57)66-53(60)46-44-42-40-38-36-34-32-30-27-22-20-18-16-14-12-10-8-6-4-2/h12,14,18,20,27,29-31,34,36-37,39,50-51,54-58,61-63H,3-11,13,15-17,19,21-26,28,32-33,35,38,40-49H2,1-2H3/b14-12+,20-18+,30-27+,31-29+,36-34+,39-37+/t50-,51-,54+,55?,56?,57-/m0/s1. The van der Waals surface area contributed by atoms with Gasteiger partial charge in [-0.25, -0.2) is 0 Å². The van der Waals surface area contributed by atoms with E-state index in [1.807, 2.05) is 0 Å². The minimum Gasteiger partial charge on any atom is -0.462 e. The summed E-state index contributed by atoms with van der Waals surface area (Å²) in [6.07, 6.45) is 53.5. The second kappa shape index (κ2) is 46.8. The molecule has 0 bridgehead atoms. The highest BCUT2D eigenvalue weighted by Crippen LogP contribution is 2.23. The van der Waals surface area contributed by atoms with E-state index in [1.165, 1.54) is 116 Å². The van der Waals surface area contributed by atoms with E-state index in [-0.39, 0.29) is 26.1 Å². The highest BCUT2D eigenvalue weighted by atomic mass is 16.7. The molecule has 1 fully saturated rings. The molecular weight excluding hydrogens is 845 g/mol. The van der Waals surface area contributed by atoms with Crippen molar-refractivity contribution >= 4 is 11.9 Å². The Hall–Kier alpha value is -2.86. The predicted molar refractivity (Wildman–Crippen MR) is 274 cm³/mol. The van der Waals surface area contributed by atoms with Gasteiger partial charge < -0.3 is 39.4 Å². The third-order valence-electron chi connectivity index (χ3n) is 12.0. The van der Waals surface area contributed by atoms with Gasteiger partial charge in [0.05, 0.1) is 13.2 Å². The van der Waals surface area contributed by atoms with E-state index in [0.29, 0.717) is 12.8 Å². The van der Waals surface area contributed by atoms with E-state index >= 15 is 0 Å². The maximum atomic E-state index is 12.8. The summed E-state index contributed by atoms with van der Waals surface area (Å²) < 4.78 is 22.2. The van der Waals surface area contributed by atoms with Crippen molar-refractivity contribution in [1.29, 1.82) is 0 Å². The van der Waals surface area contributed by atoms with Gasteiger partial charge in [0.1, 0.15) is 31.0 Å². The van der Waals surface area contributed by atoms with Crippen molar-refractivity contribution in [3.05, 3.63) is 72.9 Å². The van der Waals surface area contributed by atoms with Crippen molar-refractivity contribution in [2.24, 2.45) is 0 Å². The molecule has 1 saturated heterocycles. The van der Waals surface area contributed by atoms with Gasteiger partial charge in [-0.3, -0.25) is 9.59 Å². The number of carbonyl (C=O) groups excluding carboxylic acids is 2. The summed E-state index contributed by atoms with van der Waals surface area (Å²) in [6.45, 7) is 3.34. The van der Waals surface area contributed by atoms with Crippen molar-refractivity contribution in [3.63, 3.8) is 0 Å². The summed E-state index contributed by atoms with van der Waals surface area (Å²) in [4.78, 5) is 25.5. The van der Waals surface area contributed by atoms with Crippen molar-refractivity contribution in [3.8, 4) is 0 Å². The molecule has 0 aliphatic carbocycles. The Morgan fingerprint density at radius 1 is 0.463 bits per heavy atom. The molecule has 1 aliphatic heterocycles. The van der Waals surface area contributed by atoms with Gasteiger partial charge in [-0.05, 0) is 89.9 Å². The Morgan fingerprint density at radius 2 is 0.866 bits per heavy atom. The van der Waals surface area contributed by atoms with Crippen LogP contribution >= 0.6 is 0 Å². The number of aliphatic hydroxyl groups is 4. The fraction of sp³-hybridized carbons (Fsp3) is 0.754. The summed E-state index contributed by atoms with van der Waals surface area (Å²) >= 11 is 0. The lowest BCUT2D eigenvalue weighted by atomic mass is 9.99. The minimum atomic E-state index is -1.61. The van der Waals surface area contributed by atoms with Gasteiger partial charge in [-0.2, -0.15) is 0 Å². The molecule has 0 aromatic rings. The van der Waals surface area contributed by atoms with Crippen LogP contribution in [0, 0.1) is 0 Å². The van der Waals surface area contributed by atoms with Crippen LogP contribution in [0.3, 0.4) is 0 Å². The normalized spacial score (nSPS) is 19.6. The van der Waals surface area contributed by atoms with E-state index in [2.05, 4.69) is 86.8 Å². The maximum Gasteiger partial charge on any atom is 0.306 e. The molecule has 0 radical (unpaired) electrons. The van der Waals surface area contributed by atoms with Gasteiger partial charge in [-0.1, -0.05) is 189 Å². The van der Waals surface area contributed by atoms with E-state index in [0.717, 1.165) is 64.2 Å². The Labute approximate surface area is 408 Å². The van der Waals surface area contributed by atoms with Gasteiger partial charge in [0, 0.05) is 12.8 Å². The second-order valence-electron chi connectivity index (χ2n) is 18.3. The second-order valence-corrected chi connectivity index (χ2v) is 18.3. The molecule has 67 heavy (non-hydrogen) atoms. The first-order valence-corrected chi connectivity index (χ1v) is 27.0. The van der Waals surface area contributed by atoms with Crippen molar-refractivity contribution < 1.29 is 49.0 Å². The number of rotatable bonds is 45. The van der Waals surface area contributed by atoms with E-state index in [9.17, 15) is 30.0 Å². The molecule has 10 nitrogen and oxygen atoms in total. The summed E-state index contributed by atoms with van der Waals surface area (Å²) in [6, 6.07) is 0. The Morgan fingerprint density at radius 3 is 1.39 bits per heavy atom. The van der Waals surface area contributed by atoms with E-state index < -0.39 is 55.4 Å². The zero-order valence-corrected chi connectivity index (χ0v) is 42.4. The van der Waals surface area contributed by atoms with Crippen LogP contribution < -0.4 is 0 Å². The largest absolute Gasteiger partial charge is 0.462 e. The monoisotopic (exact) mass is 943 g/mol. The van der Waals surface area contributed by atoms with Crippen LogP contribution in [0.2, 0.25) is 0 Å². The van der Waals surface area contributed by atoms with Gasteiger partial charge in [0.2, 0.25) is 0 Å². The fourth-order valence-electron chi connectivity index (χ4n) is 7.78. The Bertz CT molecular complexity index is 1320. The first-order valence-electron chi connectivity index (χ1n) is 27.0. The highest BCUT2D eigenvalue weighted by molar-refractivity contribution is 5.70. The first-order chi connectivity index (χ1) is 32.8. The molecule has 4 N–H and O–H groups in total. The number of hydrogen-bond donors (Lipinski definition) is 4. The van der Waals surface area contributed by atoms with Gasteiger partial charge in [0.25, 0.3) is 0 Å². The number of allylic oxidation sites excluding steroid dienone is 12. The van der Waals surface area contributed by atoms with E-state index in [4.69, 9.17) is 18.9 Å². The SMILES string of the molecule is CCCCC/C=C/C/C=C/C/C=C/C/C=C/CCCCCC(=O)O[C@@H](COC(=O)CCC/C=C/CC/C=C/CCCCCCCCCCCCCCCC)CO[C@H]1O[C@@H](CO)[C@@H](O)C(O)C1O. The Balaban J connectivity index is 2.29. The lowest BCUT2D eigenvalue weighted by molar-refractivity contribution is -0.305. The molecule has 0 spiro atoms. The number of unbranched alkanes of at least 4 members (excludes halogenated alkanes) is 22. The number of carbonyl (C=O) groups is 2. The molecule has 0 saturated carbocycles. The van der Waals surface area contributed by atoms with Crippen LogP contribution in [0.5, 0.6) is 0 Å². The summed E-state index contributed by atoms with van der Waals surface area (Å²) in [5, 5.41) is 40.2. The van der Waals surface area contributed by atoms with Crippen LogP contribution in [0.15, 0.2) is 72.9 Å². The van der Waals surface area contributed by atoms with Gasteiger partial charge in [-0.15, -0.1) is 0 Å². The fourth-order valence-corrected chi connectivity index (χ4v) is 7.78. The minimum absolute atomic E-state index is 0.181. The van der Waals surface area contributed by atoms with Crippen LogP contribution in [-0.4, -0.2) is 89.0 Å². The van der Waals surface area contributed by atoms with Gasteiger partial charge >= 0.3 is 11.9 Å². The van der Waals surface area contributed by atoms with Crippen molar-refractivity contribution in [2.75, 3.05) is 19.8 Å². The maximum absolute atomic E-state index is 12.8. The average Bonchev–Trinajstić information content (AvgIpc) is 3.33. The molecule has 6 atom stereocenters. The molecule has 0 aromatic heterocycles. The molecule has 386 valence electrons. The molecule has 0 aromatic carbocycles. The van der Waals surface area contributed by atoms with Crippen molar-refractivity contribution in [2.45, 2.75) is 256 Å². The van der Waals surface area contributed by atoms with Crippen molar-refractivity contribution in [1.82, 2.24) is 0 Å². The molecule has 2 unspecified atom stereocenters. The van der Waals surface area contributed by atoms with Crippen LogP contribution in [0.4, 0.5) is 0 Å². The smallest absolute Gasteiger partial charge is 0.306 e. The van der Waals surface area contributed by atoms with E-state index in [1.54, 1.807) is 0 Å². The third-order valence-corrected chi connectivity index (χ3v) is 12.0. The van der Waals surface area contributed by atoms with Crippen LogP contribution in [0.25, 0.3) is 0 Å². The first kappa shape index (κ1) is 62.2. The zero-order valence-electron chi connectivity index (χ0n) is 42.4. The molecule has 1 rings (SSSR count). The molecule has 10 heteroatoms. The lowest BCUT2D eigenvalue weighted by Gasteiger charge is -2.39. The molecular formula is C57H98O10. The third kappa shape index (κ3) is 37.7. The van der Waals surface area contributed by atoms with Crippen LogP contribution in [-0.2, 0) is 28.5 Å². The number of ether oxygens (including phenoxy) is 4. The average molecular weight is 943 g/mol. The quantitative estimate of drug-likeness (QED) is 0.0264. The van der Waals surface area contributed by atoms with Crippen LogP contribution in [0.1, 0.15) is 219 Å². The molecule has 1 heterocycles. The molecule has 1 aliphatic rings. The predicted octanol–water partition coefficient (Wildman–Crippen LogP) is 13.1. The highest BCUT2D eigenvalue weighted by Gasteiger charge is 2.44. The topological polar surface area (TPSA) is 152 Å². The number of hydrogen-bond acceptors (Lipinski definition) is 10. The summed E-state index contributed by atoms with van der Waals surface area (Å²) in [5.41, 5.74) is 0. The summed E-state index contributed by atoms with van der Waals surface area (Å²) in [7, 11) is 0. The number of esters is 2. The lowest BCUT2D eigenvalue weighted by Crippen LogP contribution is -2.59. The zero-order chi connectivity index (χ0) is 48.7.